The molecular formula is C15H20O5S. The molecule has 1 aromatic rings. The molecule has 116 valence electrons. The summed E-state index contributed by atoms with van der Waals surface area (Å²) >= 11 is 0. The minimum atomic E-state index is -3.77. The maximum Gasteiger partial charge on any atom is 0.319 e. The average molecular weight is 312 g/mol. The molecule has 5 nitrogen and oxygen atoms in total. The van der Waals surface area contributed by atoms with E-state index in [9.17, 15) is 18.0 Å². The minimum absolute atomic E-state index is 0.0792. The van der Waals surface area contributed by atoms with Crippen molar-refractivity contribution >= 4 is 21.6 Å². The molecule has 0 aliphatic carbocycles. The van der Waals surface area contributed by atoms with E-state index >= 15 is 0 Å². The summed E-state index contributed by atoms with van der Waals surface area (Å²) < 4.78 is 29.3. The summed E-state index contributed by atoms with van der Waals surface area (Å²) in [5.41, 5.74) is -0.694. The second kappa shape index (κ2) is 6.39. The number of ether oxygens (including phenoxy) is 1. The number of esters is 1. The van der Waals surface area contributed by atoms with Gasteiger partial charge in [-0.05, 0) is 45.4 Å². The van der Waals surface area contributed by atoms with Gasteiger partial charge in [0.05, 0.1) is 11.5 Å². The van der Waals surface area contributed by atoms with Gasteiger partial charge in [-0.1, -0.05) is 12.1 Å². The Labute approximate surface area is 125 Å². The molecule has 0 bridgehead atoms. The van der Waals surface area contributed by atoms with E-state index in [-0.39, 0.29) is 11.5 Å². The van der Waals surface area contributed by atoms with Crippen LogP contribution in [0.3, 0.4) is 0 Å². The predicted octanol–water partition coefficient (Wildman–Crippen LogP) is 1.93. The first-order chi connectivity index (χ1) is 9.61. The molecule has 1 rings (SSSR count). The Bertz CT molecular complexity index is 644. The number of benzene rings is 1. The van der Waals surface area contributed by atoms with Gasteiger partial charge in [0.1, 0.15) is 11.2 Å². The molecule has 0 atom stereocenters. The quantitative estimate of drug-likeness (QED) is 0.592. The standard InChI is InChI=1S/C15H20O5S/c1-5-20-14(17)15(3,4)13(16)10-21(18,19)12-8-6-7-11(2)9-12/h6-9H,5,10H2,1-4H3. The molecule has 0 aliphatic rings. The van der Waals surface area contributed by atoms with E-state index in [0.29, 0.717) is 0 Å². The molecule has 21 heavy (non-hydrogen) atoms. The number of aryl methyl sites for hydroxylation is 1. The highest BCUT2D eigenvalue weighted by Gasteiger charge is 2.39. The number of sulfone groups is 1. The number of hydrogen-bond acceptors (Lipinski definition) is 5. The summed E-state index contributed by atoms with van der Waals surface area (Å²) in [6, 6.07) is 6.32. The summed E-state index contributed by atoms with van der Waals surface area (Å²) in [5, 5.41) is 0. The van der Waals surface area contributed by atoms with Gasteiger partial charge in [0, 0.05) is 0 Å². The lowest BCUT2D eigenvalue weighted by atomic mass is 9.89. The fourth-order valence-electron chi connectivity index (χ4n) is 1.67. The Kier molecular flexibility index (Phi) is 5.28. The van der Waals surface area contributed by atoms with E-state index < -0.39 is 32.8 Å². The topological polar surface area (TPSA) is 77.5 Å². The molecule has 1 aromatic carbocycles. The number of carbonyl (C=O) groups is 2. The summed E-state index contributed by atoms with van der Waals surface area (Å²) in [6.07, 6.45) is 0. The van der Waals surface area contributed by atoms with E-state index in [4.69, 9.17) is 4.74 Å². The van der Waals surface area contributed by atoms with Crippen LogP contribution in [0, 0.1) is 12.3 Å². The molecule has 0 radical (unpaired) electrons. The second-order valence-corrected chi connectivity index (χ2v) is 7.33. The van der Waals surface area contributed by atoms with Crippen LogP contribution in [-0.2, 0) is 24.2 Å². The summed E-state index contributed by atoms with van der Waals surface area (Å²) in [6.45, 7) is 6.28. The zero-order chi connectivity index (χ0) is 16.3. The largest absolute Gasteiger partial charge is 0.465 e. The number of Topliss-reactive ketones (excluding diaryl/α,β-unsaturated/α-hetero) is 1. The maximum absolute atomic E-state index is 12.2. The first-order valence-corrected chi connectivity index (χ1v) is 8.26. The van der Waals surface area contributed by atoms with E-state index in [1.54, 1.807) is 26.0 Å². The van der Waals surface area contributed by atoms with Crippen molar-refractivity contribution in [2.45, 2.75) is 32.6 Å². The molecule has 0 amide bonds. The van der Waals surface area contributed by atoms with Crippen LogP contribution in [-0.4, -0.2) is 32.5 Å². The molecule has 0 saturated heterocycles. The van der Waals surface area contributed by atoms with Crippen molar-refractivity contribution in [3.63, 3.8) is 0 Å². The zero-order valence-electron chi connectivity index (χ0n) is 12.7. The normalized spacial score (nSPS) is 12.0. The van der Waals surface area contributed by atoms with Crippen LogP contribution in [0.4, 0.5) is 0 Å². The number of hydrogen-bond donors (Lipinski definition) is 0. The number of rotatable bonds is 6. The Morgan fingerprint density at radius 3 is 2.38 bits per heavy atom. The van der Waals surface area contributed by atoms with Gasteiger partial charge >= 0.3 is 5.97 Å². The fourth-order valence-corrected chi connectivity index (χ4v) is 3.19. The molecular weight excluding hydrogens is 292 g/mol. The summed E-state index contributed by atoms with van der Waals surface area (Å²) in [4.78, 5) is 24.0. The summed E-state index contributed by atoms with van der Waals surface area (Å²) in [7, 11) is -3.77. The van der Waals surface area contributed by atoms with Crippen molar-refractivity contribution in [2.75, 3.05) is 12.4 Å². The fraction of sp³-hybridized carbons (Fsp3) is 0.467. The van der Waals surface area contributed by atoms with Crippen LogP contribution in [0.25, 0.3) is 0 Å². The van der Waals surface area contributed by atoms with Crippen molar-refractivity contribution in [1.82, 2.24) is 0 Å². The molecule has 0 fully saturated rings. The van der Waals surface area contributed by atoms with Crippen molar-refractivity contribution in [1.29, 1.82) is 0 Å². The van der Waals surface area contributed by atoms with Gasteiger partial charge in [-0.2, -0.15) is 0 Å². The Morgan fingerprint density at radius 2 is 1.86 bits per heavy atom. The summed E-state index contributed by atoms with van der Waals surface area (Å²) in [5.74, 6) is -2.11. The number of ketones is 1. The smallest absolute Gasteiger partial charge is 0.319 e. The third-order valence-corrected chi connectivity index (χ3v) is 4.77. The number of carbonyl (C=O) groups excluding carboxylic acids is 2. The van der Waals surface area contributed by atoms with Gasteiger partial charge in [0.2, 0.25) is 0 Å². The van der Waals surface area contributed by atoms with Crippen molar-refractivity contribution < 1.29 is 22.7 Å². The molecule has 0 spiro atoms. The van der Waals surface area contributed by atoms with Gasteiger partial charge < -0.3 is 4.74 Å². The van der Waals surface area contributed by atoms with Crippen LogP contribution < -0.4 is 0 Å². The van der Waals surface area contributed by atoms with Gasteiger partial charge in [-0.25, -0.2) is 8.42 Å². The van der Waals surface area contributed by atoms with Crippen LogP contribution in [0.1, 0.15) is 26.3 Å². The van der Waals surface area contributed by atoms with Crippen molar-refractivity contribution in [3.05, 3.63) is 29.8 Å². The van der Waals surface area contributed by atoms with Crippen molar-refractivity contribution in [2.24, 2.45) is 5.41 Å². The van der Waals surface area contributed by atoms with Gasteiger partial charge in [0.25, 0.3) is 0 Å². The Morgan fingerprint density at radius 1 is 1.24 bits per heavy atom. The third kappa shape index (κ3) is 4.14. The lowest BCUT2D eigenvalue weighted by molar-refractivity contribution is -0.157. The molecule has 6 heteroatoms. The lowest BCUT2D eigenvalue weighted by Crippen LogP contribution is -2.38. The average Bonchev–Trinajstić information content (AvgIpc) is 2.38. The van der Waals surface area contributed by atoms with E-state index in [1.165, 1.54) is 26.0 Å². The molecule has 0 unspecified atom stereocenters. The van der Waals surface area contributed by atoms with E-state index in [0.717, 1.165) is 5.56 Å². The maximum atomic E-state index is 12.2. The van der Waals surface area contributed by atoms with Gasteiger partial charge in [0.15, 0.2) is 15.6 Å². The molecule has 0 N–H and O–H groups in total. The van der Waals surface area contributed by atoms with Crippen LogP contribution in [0.5, 0.6) is 0 Å². The van der Waals surface area contributed by atoms with Gasteiger partial charge in [-0.15, -0.1) is 0 Å². The molecule has 0 saturated carbocycles. The van der Waals surface area contributed by atoms with E-state index in [2.05, 4.69) is 0 Å². The predicted molar refractivity (Wildman–Crippen MR) is 78.7 cm³/mol. The van der Waals surface area contributed by atoms with Crippen LogP contribution in [0.15, 0.2) is 29.2 Å². The monoisotopic (exact) mass is 312 g/mol. The highest BCUT2D eigenvalue weighted by molar-refractivity contribution is 7.92. The highest BCUT2D eigenvalue weighted by Crippen LogP contribution is 2.22. The second-order valence-electron chi connectivity index (χ2n) is 5.34. The van der Waals surface area contributed by atoms with Crippen LogP contribution >= 0.6 is 0 Å². The minimum Gasteiger partial charge on any atom is -0.465 e. The molecule has 0 heterocycles. The first kappa shape index (κ1) is 17.4. The lowest BCUT2D eigenvalue weighted by Gasteiger charge is -2.20. The molecule has 0 aliphatic heterocycles. The SMILES string of the molecule is CCOC(=O)C(C)(C)C(=O)CS(=O)(=O)c1cccc(C)c1. The van der Waals surface area contributed by atoms with E-state index in [1.807, 2.05) is 0 Å². The van der Waals surface area contributed by atoms with Crippen molar-refractivity contribution in [3.8, 4) is 0 Å². The highest BCUT2D eigenvalue weighted by atomic mass is 32.2. The zero-order valence-corrected chi connectivity index (χ0v) is 13.5. The van der Waals surface area contributed by atoms with Crippen LogP contribution in [0.2, 0.25) is 0 Å². The Balaban J connectivity index is 2.99. The Hall–Kier alpha value is -1.69. The van der Waals surface area contributed by atoms with Gasteiger partial charge in [-0.3, -0.25) is 9.59 Å². The third-order valence-electron chi connectivity index (χ3n) is 3.15. The molecule has 0 aromatic heterocycles. The first-order valence-electron chi connectivity index (χ1n) is 6.61.